The molecule has 0 saturated carbocycles. The lowest BCUT2D eigenvalue weighted by Gasteiger charge is -2.35. The number of fused-ring (bicyclic) bond motifs is 8. The summed E-state index contributed by atoms with van der Waals surface area (Å²) in [5.41, 5.74) is 12.4. The van der Waals surface area contributed by atoms with E-state index in [1.165, 1.54) is 77.2 Å². The average molecular weight is 526 g/mol. The molecule has 0 atom stereocenters. The fourth-order valence-electron chi connectivity index (χ4n) is 7.23. The van der Waals surface area contributed by atoms with Gasteiger partial charge < -0.3 is 9.13 Å². The second-order valence-electron chi connectivity index (χ2n) is 11.7. The summed E-state index contributed by atoms with van der Waals surface area (Å²) in [6, 6.07) is 42.2. The molecule has 5 aromatic carbocycles. The first-order valence-corrected chi connectivity index (χ1v) is 14.2. The van der Waals surface area contributed by atoms with E-state index in [1.807, 2.05) is 12.4 Å². The highest BCUT2D eigenvalue weighted by molar-refractivity contribution is 6.11. The Morgan fingerprint density at radius 3 is 1.95 bits per heavy atom. The molecule has 1 aliphatic rings. The number of aromatic nitrogens is 3. The third kappa shape index (κ3) is 2.95. The summed E-state index contributed by atoms with van der Waals surface area (Å²) in [6.07, 6.45) is 3.90. The Morgan fingerprint density at radius 1 is 0.537 bits per heavy atom. The molecular formula is C38H27N3. The van der Waals surface area contributed by atoms with E-state index in [1.54, 1.807) is 0 Å². The van der Waals surface area contributed by atoms with Gasteiger partial charge in [0.15, 0.2) is 0 Å². The van der Waals surface area contributed by atoms with Gasteiger partial charge in [-0.1, -0.05) is 86.6 Å². The van der Waals surface area contributed by atoms with Crippen LogP contribution in [-0.2, 0) is 5.41 Å². The lowest BCUT2D eigenvalue weighted by molar-refractivity contribution is 0.630. The fourth-order valence-corrected chi connectivity index (χ4v) is 7.23. The summed E-state index contributed by atoms with van der Waals surface area (Å²) in [7, 11) is 0. The number of hydrogen-bond acceptors (Lipinski definition) is 1. The van der Waals surface area contributed by atoms with Crippen LogP contribution >= 0.6 is 0 Å². The molecule has 0 aliphatic carbocycles. The molecule has 9 rings (SSSR count). The summed E-state index contributed by atoms with van der Waals surface area (Å²) >= 11 is 0. The Balaban J connectivity index is 1.21. The third-order valence-electron chi connectivity index (χ3n) is 9.21. The highest BCUT2D eigenvalue weighted by atomic mass is 15.0. The maximum atomic E-state index is 4.45. The Bertz CT molecular complexity index is 2280. The molecule has 0 N–H and O–H groups in total. The first-order valence-electron chi connectivity index (χ1n) is 14.2. The number of nitrogens with zero attached hydrogens (tertiary/aromatic N) is 3. The molecule has 3 nitrogen and oxygen atoms in total. The van der Waals surface area contributed by atoms with E-state index < -0.39 is 0 Å². The van der Waals surface area contributed by atoms with Crippen LogP contribution in [0.1, 0.15) is 25.0 Å². The van der Waals surface area contributed by atoms with Gasteiger partial charge >= 0.3 is 0 Å². The van der Waals surface area contributed by atoms with Crippen molar-refractivity contribution in [2.24, 2.45) is 0 Å². The lowest BCUT2D eigenvalue weighted by atomic mass is 9.74. The standard InChI is InChI=1S/C38H27N3/c1-38(2)31-11-7-10-29-30-23-39-21-20-35(30)41(37(29)31)36-19-16-25(22-32(36)38)24-14-17-26(18-15-24)40-33-12-5-3-8-27(33)28-9-4-6-13-34(28)40/h3-23H,1-2H3. The van der Waals surface area contributed by atoms with Crippen molar-refractivity contribution in [2.45, 2.75) is 19.3 Å². The molecule has 8 aromatic rings. The van der Waals surface area contributed by atoms with Crippen LogP contribution in [0.15, 0.2) is 128 Å². The van der Waals surface area contributed by atoms with Gasteiger partial charge in [0.1, 0.15) is 0 Å². The molecule has 0 bridgehead atoms. The molecule has 0 radical (unpaired) electrons. The molecular weight excluding hydrogens is 498 g/mol. The predicted octanol–water partition coefficient (Wildman–Crippen LogP) is 9.58. The topological polar surface area (TPSA) is 22.8 Å². The van der Waals surface area contributed by atoms with Crippen LogP contribution in [0.4, 0.5) is 0 Å². The van der Waals surface area contributed by atoms with Crippen LogP contribution in [0.5, 0.6) is 0 Å². The van der Waals surface area contributed by atoms with Crippen molar-refractivity contribution in [1.82, 2.24) is 14.1 Å². The third-order valence-corrected chi connectivity index (χ3v) is 9.21. The first kappa shape index (κ1) is 22.6. The number of pyridine rings is 1. The SMILES string of the molecule is CC1(C)c2cc(-c3ccc(-n4c5ccccc5c5ccccc54)cc3)ccc2-n2c3ccncc3c3cccc1c32. The molecule has 1 aliphatic heterocycles. The van der Waals surface area contributed by atoms with Crippen molar-refractivity contribution < 1.29 is 0 Å². The number of benzene rings is 5. The van der Waals surface area contributed by atoms with Gasteiger partial charge in [0.05, 0.1) is 27.8 Å². The van der Waals surface area contributed by atoms with Crippen molar-refractivity contribution in [1.29, 1.82) is 0 Å². The molecule has 4 heterocycles. The maximum absolute atomic E-state index is 4.45. The second kappa shape index (κ2) is 7.96. The van der Waals surface area contributed by atoms with Crippen molar-refractivity contribution in [3.8, 4) is 22.5 Å². The van der Waals surface area contributed by atoms with Crippen molar-refractivity contribution in [3.63, 3.8) is 0 Å². The summed E-state index contributed by atoms with van der Waals surface area (Å²) in [5, 5.41) is 5.05. The van der Waals surface area contributed by atoms with Crippen molar-refractivity contribution >= 4 is 43.6 Å². The molecule has 0 unspecified atom stereocenters. The molecule has 0 amide bonds. The Hall–Kier alpha value is -5.15. The van der Waals surface area contributed by atoms with Gasteiger partial charge in [-0.15, -0.1) is 0 Å². The van der Waals surface area contributed by atoms with Crippen LogP contribution in [0, 0.1) is 0 Å². The van der Waals surface area contributed by atoms with E-state index in [0.717, 1.165) is 0 Å². The molecule has 3 heteroatoms. The van der Waals surface area contributed by atoms with Gasteiger partial charge in [0.2, 0.25) is 0 Å². The van der Waals surface area contributed by atoms with E-state index in [2.05, 4.69) is 143 Å². The minimum Gasteiger partial charge on any atom is -0.309 e. The predicted molar refractivity (Wildman–Crippen MR) is 170 cm³/mol. The average Bonchev–Trinajstić information content (AvgIpc) is 3.54. The minimum absolute atomic E-state index is 0.133. The second-order valence-corrected chi connectivity index (χ2v) is 11.7. The molecule has 194 valence electrons. The van der Waals surface area contributed by atoms with E-state index in [4.69, 9.17) is 0 Å². The molecule has 0 saturated heterocycles. The van der Waals surface area contributed by atoms with E-state index in [-0.39, 0.29) is 5.41 Å². The van der Waals surface area contributed by atoms with Gasteiger partial charge in [0.25, 0.3) is 0 Å². The zero-order chi connectivity index (χ0) is 27.3. The van der Waals surface area contributed by atoms with E-state index in [0.29, 0.717) is 0 Å². The molecule has 41 heavy (non-hydrogen) atoms. The summed E-state index contributed by atoms with van der Waals surface area (Å²) in [6.45, 7) is 4.71. The van der Waals surface area contributed by atoms with E-state index in [9.17, 15) is 0 Å². The molecule has 3 aromatic heterocycles. The monoisotopic (exact) mass is 525 g/mol. The van der Waals surface area contributed by atoms with Gasteiger partial charge in [0, 0.05) is 45.0 Å². The quantitative estimate of drug-likeness (QED) is 0.220. The molecule has 0 spiro atoms. The van der Waals surface area contributed by atoms with Gasteiger partial charge in [-0.2, -0.15) is 0 Å². The van der Waals surface area contributed by atoms with Crippen molar-refractivity contribution in [2.75, 3.05) is 0 Å². The van der Waals surface area contributed by atoms with Crippen LogP contribution in [0.2, 0.25) is 0 Å². The summed E-state index contributed by atoms with van der Waals surface area (Å²) in [5.74, 6) is 0. The zero-order valence-electron chi connectivity index (χ0n) is 23.0. The number of hydrogen-bond donors (Lipinski definition) is 0. The number of para-hydroxylation sites is 3. The highest BCUT2D eigenvalue weighted by Crippen LogP contribution is 2.48. The Kier molecular flexibility index (Phi) is 4.39. The Labute approximate surface area is 237 Å². The Morgan fingerprint density at radius 2 is 1.20 bits per heavy atom. The lowest BCUT2D eigenvalue weighted by Crippen LogP contribution is -2.26. The zero-order valence-corrected chi connectivity index (χ0v) is 23.0. The normalized spacial score (nSPS) is 13.8. The number of rotatable bonds is 2. The maximum Gasteiger partial charge on any atom is 0.0582 e. The van der Waals surface area contributed by atoms with Gasteiger partial charge in [-0.25, -0.2) is 0 Å². The molecule has 0 fully saturated rings. The van der Waals surface area contributed by atoms with E-state index >= 15 is 0 Å². The highest BCUT2D eigenvalue weighted by Gasteiger charge is 2.35. The van der Waals surface area contributed by atoms with Gasteiger partial charge in [-0.05, 0) is 64.7 Å². The largest absolute Gasteiger partial charge is 0.309 e. The van der Waals surface area contributed by atoms with Crippen LogP contribution in [-0.4, -0.2) is 14.1 Å². The van der Waals surface area contributed by atoms with Gasteiger partial charge in [-0.3, -0.25) is 4.98 Å². The summed E-state index contributed by atoms with van der Waals surface area (Å²) < 4.78 is 4.82. The van der Waals surface area contributed by atoms with Crippen LogP contribution in [0.25, 0.3) is 66.1 Å². The minimum atomic E-state index is -0.133. The smallest absolute Gasteiger partial charge is 0.0582 e. The van der Waals surface area contributed by atoms with Crippen molar-refractivity contribution in [3.05, 3.63) is 139 Å². The van der Waals surface area contributed by atoms with Crippen LogP contribution < -0.4 is 0 Å². The first-order chi connectivity index (χ1) is 20.1. The fraction of sp³-hybridized carbons (Fsp3) is 0.0789. The summed E-state index contributed by atoms with van der Waals surface area (Å²) in [4.78, 5) is 4.45. The van der Waals surface area contributed by atoms with Crippen LogP contribution in [0.3, 0.4) is 0 Å².